The van der Waals surface area contributed by atoms with Gasteiger partial charge in [0.15, 0.2) is 11.5 Å². The first kappa shape index (κ1) is 15.7. The lowest BCUT2D eigenvalue weighted by Gasteiger charge is -2.18. The van der Waals surface area contributed by atoms with Gasteiger partial charge in [-0.25, -0.2) is 4.98 Å². The Hall–Kier alpha value is -3.49. The molecule has 0 saturated carbocycles. The molecule has 1 aliphatic carbocycles. The Morgan fingerprint density at radius 2 is 2.04 bits per heavy atom. The average molecular weight is 367 g/mol. The third kappa shape index (κ3) is 2.86. The van der Waals surface area contributed by atoms with Crippen molar-refractivity contribution in [2.24, 2.45) is 0 Å². The summed E-state index contributed by atoms with van der Waals surface area (Å²) in [7, 11) is 1.64. The van der Waals surface area contributed by atoms with Crippen molar-refractivity contribution < 1.29 is 18.6 Å². The molecule has 2 aromatic heterocycles. The van der Waals surface area contributed by atoms with Gasteiger partial charge in [0.2, 0.25) is 11.8 Å². The van der Waals surface area contributed by atoms with Gasteiger partial charge < -0.3 is 23.6 Å². The topological polar surface area (TPSA) is 107 Å². The molecular formula is C18H17N5O4. The summed E-state index contributed by atoms with van der Waals surface area (Å²) >= 11 is 0. The monoisotopic (exact) mass is 367 g/mol. The van der Waals surface area contributed by atoms with Crippen LogP contribution in [0.3, 0.4) is 0 Å². The number of rotatable bonds is 4. The van der Waals surface area contributed by atoms with Crippen molar-refractivity contribution in [1.29, 1.82) is 0 Å². The van der Waals surface area contributed by atoms with Crippen LogP contribution in [0.25, 0.3) is 17.2 Å². The van der Waals surface area contributed by atoms with E-state index in [1.807, 2.05) is 24.3 Å². The fourth-order valence-electron chi connectivity index (χ4n) is 3.15. The number of hydrogen-bond donors (Lipinski definition) is 2. The molecule has 27 heavy (non-hydrogen) atoms. The highest BCUT2D eigenvalue weighted by Crippen LogP contribution is 2.34. The summed E-state index contributed by atoms with van der Waals surface area (Å²) < 4.78 is 22.2. The van der Waals surface area contributed by atoms with Crippen LogP contribution < -0.4 is 14.8 Å². The molecule has 2 aliphatic rings. The molecule has 0 atom stereocenters. The molecule has 0 saturated heterocycles. The van der Waals surface area contributed by atoms with Gasteiger partial charge >= 0.3 is 6.01 Å². The number of benzene rings is 1. The first-order chi connectivity index (χ1) is 13.3. The second kappa shape index (κ2) is 6.35. The molecular weight excluding hydrogens is 350 g/mol. The van der Waals surface area contributed by atoms with Gasteiger partial charge in [0.1, 0.15) is 24.7 Å². The van der Waals surface area contributed by atoms with Crippen LogP contribution in [-0.4, -0.2) is 40.5 Å². The first-order valence-electron chi connectivity index (χ1n) is 8.64. The Morgan fingerprint density at radius 3 is 2.93 bits per heavy atom. The van der Waals surface area contributed by atoms with Crippen molar-refractivity contribution >= 4 is 17.7 Å². The first-order valence-corrected chi connectivity index (χ1v) is 8.64. The molecule has 0 unspecified atom stereocenters. The van der Waals surface area contributed by atoms with E-state index < -0.39 is 0 Å². The number of nitrogens with one attached hydrogen (secondary N) is 2. The number of allylic oxidation sites excluding steroid dienone is 1. The molecule has 0 radical (unpaired) electrons. The van der Waals surface area contributed by atoms with Crippen LogP contribution in [0.1, 0.15) is 17.8 Å². The second-order valence-corrected chi connectivity index (χ2v) is 6.12. The maximum absolute atomic E-state index is 5.71. The second-order valence-electron chi connectivity index (χ2n) is 6.12. The smallest absolute Gasteiger partial charge is 0.322 e. The zero-order valence-corrected chi connectivity index (χ0v) is 14.6. The highest BCUT2D eigenvalue weighted by atomic mass is 16.6. The van der Waals surface area contributed by atoms with Crippen LogP contribution in [0.5, 0.6) is 11.5 Å². The summed E-state index contributed by atoms with van der Waals surface area (Å²) in [6, 6.07) is 5.76. The molecule has 0 bridgehead atoms. The number of hydrogen-bond acceptors (Lipinski definition) is 8. The number of aromatic amines is 1. The lowest BCUT2D eigenvalue weighted by Crippen LogP contribution is -2.15. The van der Waals surface area contributed by atoms with E-state index in [-0.39, 0.29) is 6.01 Å². The van der Waals surface area contributed by atoms with Gasteiger partial charge in [0.05, 0.1) is 7.11 Å². The predicted molar refractivity (Wildman–Crippen MR) is 95.9 cm³/mol. The zero-order valence-electron chi connectivity index (χ0n) is 14.6. The van der Waals surface area contributed by atoms with E-state index in [1.54, 1.807) is 7.11 Å². The number of ether oxygens (including phenoxy) is 3. The van der Waals surface area contributed by atoms with Gasteiger partial charge in [-0.05, 0) is 37.1 Å². The number of methoxy groups -OCH3 is 1. The molecule has 5 rings (SSSR count). The number of aryl methyl sites for hydroxylation is 1. The standard InChI is InChI=1S/C18H17N5O4/c1-24-13-4-2-3-11-15(13)20-17(19-11)21-18-23-22-16(27-18)10-5-6-12-14(9-10)26-8-7-25-12/h4-6,9H,2-3,7-8H2,1H3,(H2,19,20,21,23). The summed E-state index contributed by atoms with van der Waals surface area (Å²) in [6.45, 7) is 1.07. The number of H-pyrrole nitrogens is 1. The van der Waals surface area contributed by atoms with Gasteiger partial charge in [0, 0.05) is 11.3 Å². The minimum Gasteiger partial charge on any atom is -0.495 e. The Labute approximate surface area is 154 Å². The predicted octanol–water partition coefficient (Wildman–Crippen LogP) is 2.91. The molecule has 1 aliphatic heterocycles. The molecule has 0 fully saturated rings. The third-order valence-corrected chi connectivity index (χ3v) is 4.40. The Morgan fingerprint density at radius 1 is 1.15 bits per heavy atom. The SMILES string of the molecule is COC1=CCCc2[nH]c(Nc3nnc(-c4ccc5c(c4)OCCO5)o3)nc21. The van der Waals surface area contributed by atoms with Crippen LogP contribution in [0.2, 0.25) is 0 Å². The lowest BCUT2D eigenvalue weighted by molar-refractivity contribution is 0.171. The third-order valence-electron chi connectivity index (χ3n) is 4.40. The largest absolute Gasteiger partial charge is 0.495 e. The number of fused-ring (bicyclic) bond motifs is 2. The van der Waals surface area contributed by atoms with Gasteiger partial charge in [-0.15, -0.1) is 5.10 Å². The van der Waals surface area contributed by atoms with Crippen molar-refractivity contribution in [2.45, 2.75) is 12.8 Å². The highest BCUT2D eigenvalue weighted by molar-refractivity contribution is 5.64. The Balaban J connectivity index is 1.37. The van der Waals surface area contributed by atoms with E-state index in [9.17, 15) is 0 Å². The summed E-state index contributed by atoms with van der Waals surface area (Å²) in [6.07, 6.45) is 3.81. The van der Waals surface area contributed by atoms with Gasteiger partial charge in [0.25, 0.3) is 0 Å². The molecule has 0 amide bonds. The van der Waals surface area contributed by atoms with Crippen molar-refractivity contribution in [3.8, 4) is 23.0 Å². The van der Waals surface area contributed by atoms with Crippen molar-refractivity contribution in [2.75, 3.05) is 25.6 Å². The van der Waals surface area contributed by atoms with Crippen LogP contribution in [0.15, 0.2) is 28.7 Å². The molecule has 138 valence electrons. The Bertz CT molecular complexity index is 1020. The lowest BCUT2D eigenvalue weighted by atomic mass is 10.1. The maximum atomic E-state index is 5.71. The number of nitrogens with zero attached hydrogens (tertiary/aromatic N) is 3. The van der Waals surface area contributed by atoms with E-state index in [0.717, 1.165) is 35.6 Å². The van der Waals surface area contributed by atoms with E-state index in [2.05, 4.69) is 25.5 Å². The molecule has 3 heterocycles. The summed E-state index contributed by atoms with van der Waals surface area (Å²) in [5.41, 5.74) is 2.57. The van der Waals surface area contributed by atoms with Gasteiger partial charge in [-0.2, -0.15) is 0 Å². The Kier molecular flexibility index (Phi) is 3.70. The number of imidazole rings is 1. The summed E-state index contributed by atoms with van der Waals surface area (Å²) in [4.78, 5) is 7.74. The molecule has 3 aromatic rings. The zero-order chi connectivity index (χ0) is 18.2. The summed E-state index contributed by atoms with van der Waals surface area (Å²) in [5, 5.41) is 11.1. The van der Waals surface area contributed by atoms with E-state index in [1.165, 1.54) is 0 Å². The van der Waals surface area contributed by atoms with Gasteiger partial charge in [-0.3, -0.25) is 5.32 Å². The van der Waals surface area contributed by atoms with Crippen molar-refractivity contribution in [3.05, 3.63) is 35.7 Å². The summed E-state index contributed by atoms with van der Waals surface area (Å²) in [5.74, 6) is 3.06. The van der Waals surface area contributed by atoms with Crippen molar-refractivity contribution in [3.63, 3.8) is 0 Å². The number of anilines is 2. The molecule has 2 N–H and O–H groups in total. The number of aromatic nitrogens is 4. The van der Waals surface area contributed by atoms with E-state index >= 15 is 0 Å². The normalized spacial score (nSPS) is 15.1. The fourth-order valence-corrected chi connectivity index (χ4v) is 3.15. The van der Waals surface area contributed by atoms with Crippen LogP contribution >= 0.6 is 0 Å². The molecule has 9 nitrogen and oxygen atoms in total. The minimum absolute atomic E-state index is 0.244. The van der Waals surface area contributed by atoms with E-state index in [4.69, 9.17) is 18.6 Å². The quantitative estimate of drug-likeness (QED) is 0.725. The minimum atomic E-state index is 0.244. The fraction of sp³-hybridized carbons (Fsp3) is 0.278. The van der Waals surface area contributed by atoms with E-state index in [0.29, 0.717) is 36.6 Å². The maximum Gasteiger partial charge on any atom is 0.322 e. The van der Waals surface area contributed by atoms with Crippen LogP contribution in [0, 0.1) is 0 Å². The average Bonchev–Trinajstić information content (AvgIpc) is 3.34. The van der Waals surface area contributed by atoms with Gasteiger partial charge in [-0.1, -0.05) is 5.10 Å². The van der Waals surface area contributed by atoms with Crippen molar-refractivity contribution in [1.82, 2.24) is 20.2 Å². The molecule has 9 heteroatoms. The molecule has 1 aromatic carbocycles. The molecule has 0 spiro atoms. The van der Waals surface area contributed by atoms with Crippen LogP contribution in [-0.2, 0) is 11.2 Å². The highest BCUT2D eigenvalue weighted by Gasteiger charge is 2.20. The van der Waals surface area contributed by atoms with Crippen LogP contribution in [0.4, 0.5) is 12.0 Å².